The van der Waals surface area contributed by atoms with Crippen LogP contribution in [0.4, 0.5) is 0 Å². The Morgan fingerprint density at radius 2 is 1.62 bits per heavy atom. The fraction of sp³-hybridized carbons (Fsp3) is 0.364. The molecule has 0 aliphatic carbocycles. The van der Waals surface area contributed by atoms with Gasteiger partial charge >= 0.3 is 0 Å². The standard InChI is InChI=1S/C22H25Cl3N2O2/c1-14(21(29)26-22(2,3)4)27(13-17-18(24)9-6-10-19(17)25)20(28)12-15-7-5-8-16(23)11-15/h5-11,14H,12-13H2,1-4H3,(H,26,29)/t14-/m1/s1. The van der Waals surface area contributed by atoms with E-state index in [0.717, 1.165) is 5.56 Å². The molecule has 1 N–H and O–H groups in total. The first-order chi connectivity index (χ1) is 13.5. The highest BCUT2D eigenvalue weighted by atomic mass is 35.5. The number of rotatable bonds is 6. The first kappa shape index (κ1) is 23.5. The van der Waals surface area contributed by atoms with E-state index < -0.39 is 11.6 Å². The molecule has 29 heavy (non-hydrogen) atoms. The molecular weight excluding hydrogens is 431 g/mol. The Morgan fingerprint density at radius 3 is 2.17 bits per heavy atom. The number of carbonyl (C=O) groups is 2. The molecule has 0 spiro atoms. The molecule has 7 heteroatoms. The van der Waals surface area contributed by atoms with Crippen LogP contribution >= 0.6 is 34.8 Å². The van der Waals surface area contributed by atoms with Crippen molar-refractivity contribution in [1.29, 1.82) is 0 Å². The fourth-order valence-corrected chi connectivity index (χ4v) is 3.56. The maximum Gasteiger partial charge on any atom is 0.242 e. The Bertz CT molecular complexity index is 874. The topological polar surface area (TPSA) is 49.4 Å². The molecule has 0 aliphatic rings. The summed E-state index contributed by atoms with van der Waals surface area (Å²) in [6.45, 7) is 7.49. The van der Waals surface area contributed by atoms with E-state index in [-0.39, 0.29) is 24.8 Å². The van der Waals surface area contributed by atoms with E-state index in [9.17, 15) is 9.59 Å². The lowest BCUT2D eigenvalue weighted by atomic mass is 10.1. The van der Waals surface area contributed by atoms with Gasteiger partial charge in [0.1, 0.15) is 6.04 Å². The average Bonchev–Trinajstić information content (AvgIpc) is 2.59. The molecular formula is C22H25Cl3N2O2. The van der Waals surface area contributed by atoms with E-state index in [1.807, 2.05) is 26.8 Å². The van der Waals surface area contributed by atoms with E-state index in [2.05, 4.69) is 5.32 Å². The molecule has 0 bridgehead atoms. The van der Waals surface area contributed by atoms with Crippen LogP contribution in [0.15, 0.2) is 42.5 Å². The quantitative estimate of drug-likeness (QED) is 0.623. The third kappa shape index (κ3) is 6.91. The van der Waals surface area contributed by atoms with Crippen molar-refractivity contribution in [2.75, 3.05) is 0 Å². The van der Waals surface area contributed by atoms with Crippen LogP contribution in [0.5, 0.6) is 0 Å². The zero-order valence-corrected chi connectivity index (χ0v) is 19.2. The Morgan fingerprint density at radius 1 is 1.03 bits per heavy atom. The van der Waals surface area contributed by atoms with Crippen molar-refractivity contribution in [2.45, 2.75) is 52.2 Å². The van der Waals surface area contributed by atoms with Crippen molar-refractivity contribution in [3.05, 3.63) is 68.7 Å². The molecule has 0 unspecified atom stereocenters. The smallest absolute Gasteiger partial charge is 0.242 e. The van der Waals surface area contributed by atoms with Gasteiger partial charge in [-0.05, 0) is 57.5 Å². The van der Waals surface area contributed by atoms with E-state index in [1.54, 1.807) is 43.3 Å². The van der Waals surface area contributed by atoms with E-state index in [1.165, 1.54) is 4.90 Å². The zero-order chi connectivity index (χ0) is 21.8. The molecule has 0 heterocycles. The molecule has 2 amide bonds. The van der Waals surface area contributed by atoms with Gasteiger partial charge in [0, 0.05) is 32.7 Å². The van der Waals surface area contributed by atoms with Crippen LogP contribution in [-0.2, 0) is 22.6 Å². The number of halogens is 3. The summed E-state index contributed by atoms with van der Waals surface area (Å²) in [6, 6.07) is 11.5. The number of hydrogen-bond donors (Lipinski definition) is 1. The maximum absolute atomic E-state index is 13.2. The van der Waals surface area contributed by atoms with Gasteiger partial charge in [-0.25, -0.2) is 0 Å². The van der Waals surface area contributed by atoms with Crippen LogP contribution in [0.3, 0.4) is 0 Å². The zero-order valence-electron chi connectivity index (χ0n) is 16.9. The molecule has 0 saturated carbocycles. The number of carbonyl (C=O) groups excluding carboxylic acids is 2. The number of amides is 2. The number of hydrogen-bond acceptors (Lipinski definition) is 2. The molecule has 0 aliphatic heterocycles. The molecule has 156 valence electrons. The molecule has 2 aromatic carbocycles. The molecule has 0 fully saturated rings. The third-order valence-corrected chi connectivity index (χ3v) is 5.24. The summed E-state index contributed by atoms with van der Waals surface area (Å²) in [7, 11) is 0. The number of benzene rings is 2. The van der Waals surface area contributed by atoms with Crippen molar-refractivity contribution in [2.24, 2.45) is 0 Å². The molecule has 0 aromatic heterocycles. The van der Waals surface area contributed by atoms with Crippen molar-refractivity contribution < 1.29 is 9.59 Å². The minimum absolute atomic E-state index is 0.107. The predicted molar refractivity (Wildman–Crippen MR) is 120 cm³/mol. The summed E-state index contributed by atoms with van der Waals surface area (Å²) in [5, 5.41) is 4.36. The third-order valence-electron chi connectivity index (χ3n) is 4.30. The van der Waals surface area contributed by atoms with Gasteiger partial charge in [0.05, 0.1) is 6.42 Å². The Kier molecular flexibility index (Phi) is 7.98. The monoisotopic (exact) mass is 454 g/mol. The highest BCUT2D eigenvalue weighted by molar-refractivity contribution is 6.36. The number of nitrogens with zero attached hydrogens (tertiary/aromatic N) is 1. The summed E-state index contributed by atoms with van der Waals surface area (Å²) in [5.41, 5.74) is 0.946. The second kappa shape index (κ2) is 9.84. The van der Waals surface area contributed by atoms with Crippen molar-refractivity contribution in [3.63, 3.8) is 0 Å². The minimum atomic E-state index is -0.715. The van der Waals surface area contributed by atoms with Gasteiger partial charge in [0.25, 0.3) is 0 Å². The fourth-order valence-electron chi connectivity index (χ4n) is 2.83. The maximum atomic E-state index is 13.2. The van der Waals surface area contributed by atoms with Gasteiger partial charge in [-0.3, -0.25) is 9.59 Å². The van der Waals surface area contributed by atoms with Crippen LogP contribution in [0, 0.1) is 0 Å². The Labute approximate surface area is 187 Å². The molecule has 2 aromatic rings. The summed E-state index contributed by atoms with van der Waals surface area (Å²) in [4.78, 5) is 27.5. The lowest BCUT2D eigenvalue weighted by Crippen LogP contribution is -2.52. The van der Waals surface area contributed by atoms with E-state index in [0.29, 0.717) is 20.6 Å². The van der Waals surface area contributed by atoms with Gasteiger partial charge in [0.15, 0.2) is 0 Å². The second-order valence-electron chi connectivity index (χ2n) is 7.94. The van der Waals surface area contributed by atoms with E-state index >= 15 is 0 Å². The van der Waals surface area contributed by atoms with Crippen LogP contribution < -0.4 is 5.32 Å². The first-order valence-electron chi connectivity index (χ1n) is 9.27. The summed E-state index contributed by atoms with van der Waals surface area (Å²) >= 11 is 18.7. The average molecular weight is 456 g/mol. The molecule has 0 saturated heterocycles. The van der Waals surface area contributed by atoms with Crippen LogP contribution in [0.25, 0.3) is 0 Å². The van der Waals surface area contributed by atoms with E-state index in [4.69, 9.17) is 34.8 Å². The van der Waals surface area contributed by atoms with Crippen LogP contribution in [-0.4, -0.2) is 28.3 Å². The van der Waals surface area contributed by atoms with Gasteiger partial charge in [-0.15, -0.1) is 0 Å². The molecule has 2 rings (SSSR count). The predicted octanol–water partition coefficient (Wildman–Crippen LogP) is 5.52. The molecule has 1 atom stereocenters. The lowest BCUT2D eigenvalue weighted by molar-refractivity contribution is -0.140. The Balaban J connectivity index is 2.33. The van der Waals surface area contributed by atoms with Crippen LogP contribution in [0.1, 0.15) is 38.8 Å². The van der Waals surface area contributed by atoms with Crippen molar-refractivity contribution in [3.8, 4) is 0 Å². The van der Waals surface area contributed by atoms with Crippen LogP contribution in [0.2, 0.25) is 15.1 Å². The van der Waals surface area contributed by atoms with Gasteiger partial charge in [-0.2, -0.15) is 0 Å². The Hall–Kier alpha value is -1.75. The SMILES string of the molecule is C[C@H](C(=O)NC(C)(C)C)N(Cc1c(Cl)cccc1Cl)C(=O)Cc1cccc(Cl)c1. The summed E-state index contributed by atoms with van der Waals surface area (Å²) in [5.74, 6) is -0.472. The van der Waals surface area contributed by atoms with Crippen molar-refractivity contribution in [1.82, 2.24) is 10.2 Å². The number of nitrogens with one attached hydrogen (secondary N) is 1. The van der Waals surface area contributed by atoms with Gasteiger partial charge < -0.3 is 10.2 Å². The lowest BCUT2D eigenvalue weighted by Gasteiger charge is -2.32. The highest BCUT2D eigenvalue weighted by Crippen LogP contribution is 2.27. The van der Waals surface area contributed by atoms with Gasteiger partial charge in [-0.1, -0.05) is 53.0 Å². The molecule has 4 nitrogen and oxygen atoms in total. The minimum Gasteiger partial charge on any atom is -0.350 e. The second-order valence-corrected chi connectivity index (χ2v) is 9.19. The molecule has 0 radical (unpaired) electrons. The normalized spacial score (nSPS) is 12.4. The largest absolute Gasteiger partial charge is 0.350 e. The van der Waals surface area contributed by atoms with Crippen molar-refractivity contribution >= 4 is 46.6 Å². The van der Waals surface area contributed by atoms with Gasteiger partial charge in [0.2, 0.25) is 11.8 Å². The highest BCUT2D eigenvalue weighted by Gasteiger charge is 2.29. The summed E-state index contributed by atoms with van der Waals surface area (Å²) in [6.07, 6.45) is 0.107. The summed E-state index contributed by atoms with van der Waals surface area (Å²) < 4.78 is 0. The first-order valence-corrected chi connectivity index (χ1v) is 10.4.